The minimum absolute atomic E-state index is 0.474. The first kappa shape index (κ1) is 12.7. The van der Waals surface area contributed by atoms with Crippen molar-refractivity contribution in [3.05, 3.63) is 41.8 Å². The summed E-state index contributed by atoms with van der Waals surface area (Å²) in [7, 11) is 0. The van der Waals surface area contributed by atoms with Crippen LogP contribution in [0.3, 0.4) is 0 Å². The summed E-state index contributed by atoms with van der Waals surface area (Å²) in [4.78, 5) is 4.33. The Morgan fingerprint density at radius 3 is 2.84 bits per heavy atom. The third kappa shape index (κ3) is 2.53. The Morgan fingerprint density at radius 2 is 2.11 bits per heavy atom. The molecule has 1 aromatic carbocycles. The third-order valence-electron chi connectivity index (χ3n) is 3.88. The van der Waals surface area contributed by atoms with E-state index in [4.69, 9.17) is 11.6 Å². The van der Waals surface area contributed by atoms with E-state index in [1.165, 1.54) is 18.4 Å². The van der Waals surface area contributed by atoms with E-state index in [0.717, 1.165) is 17.3 Å². The lowest BCUT2D eigenvalue weighted by atomic mass is 9.99. The second-order valence-electron chi connectivity index (χ2n) is 5.15. The van der Waals surface area contributed by atoms with Crippen molar-refractivity contribution in [3.63, 3.8) is 0 Å². The maximum Gasteiger partial charge on any atom is 0.0954 e. The van der Waals surface area contributed by atoms with Crippen molar-refractivity contribution in [2.45, 2.75) is 31.8 Å². The topological polar surface area (TPSA) is 29.9 Å². The zero-order chi connectivity index (χ0) is 13.2. The van der Waals surface area contributed by atoms with Gasteiger partial charge in [0.05, 0.1) is 24.3 Å². The van der Waals surface area contributed by atoms with Crippen LogP contribution in [0.5, 0.6) is 0 Å². The number of aromatic nitrogens is 2. The molecular weight excluding hydrogens is 258 g/mol. The van der Waals surface area contributed by atoms with Crippen molar-refractivity contribution in [2.75, 3.05) is 6.54 Å². The van der Waals surface area contributed by atoms with Gasteiger partial charge in [-0.3, -0.25) is 0 Å². The van der Waals surface area contributed by atoms with Crippen LogP contribution in [-0.4, -0.2) is 22.1 Å². The molecule has 3 rings (SSSR count). The standard InChI is InChI=1S/C15H18ClN3/c1-11-14(3-2-8-18-11)19-10-17-9-15(19)12-4-6-13(16)7-5-12/h4-7,9-11,14,18H,2-3,8H2,1H3. The number of halogens is 1. The molecule has 2 heterocycles. The van der Waals surface area contributed by atoms with Gasteiger partial charge in [0.15, 0.2) is 0 Å². The van der Waals surface area contributed by atoms with E-state index in [-0.39, 0.29) is 0 Å². The molecule has 4 heteroatoms. The summed E-state index contributed by atoms with van der Waals surface area (Å²) in [5.41, 5.74) is 2.33. The number of imidazole rings is 1. The molecule has 3 nitrogen and oxygen atoms in total. The van der Waals surface area contributed by atoms with E-state index in [1.807, 2.05) is 24.7 Å². The van der Waals surface area contributed by atoms with Gasteiger partial charge in [-0.05, 0) is 44.0 Å². The Bertz CT molecular complexity index is 547. The maximum atomic E-state index is 5.95. The molecule has 100 valence electrons. The average Bonchev–Trinajstić information content (AvgIpc) is 2.89. The van der Waals surface area contributed by atoms with Gasteiger partial charge in [0.25, 0.3) is 0 Å². The van der Waals surface area contributed by atoms with Crippen molar-refractivity contribution in [2.24, 2.45) is 0 Å². The molecule has 0 spiro atoms. The fourth-order valence-corrected chi connectivity index (χ4v) is 2.95. The number of benzene rings is 1. The van der Waals surface area contributed by atoms with Gasteiger partial charge in [-0.2, -0.15) is 0 Å². The minimum atomic E-state index is 0.474. The van der Waals surface area contributed by atoms with Gasteiger partial charge in [0, 0.05) is 11.1 Å². The predicted molar refractivity (Wildman–Crippen MR) is 78.4 cm³/mol. The fraction of sp³-hybridized carbons (Fsp3) is 0.400. The van der Waals surface area contributed by atoms with Crippen molar-refractivity contribution < 1.29 is 0 Å². The van der Waals surface area contributed by atoms with Gasteiger partial charge in [0.2, 0.25) is 0 Å². The molecule has 0 aliphatic carbocycles. The number of rotatable bonds is 2. The molecule has 0 amide bonds. The molecular formula is C15H18ClN3. The summed E-state index contributed by atoms with van der Waals surface area (Å²) in [6, 6.07) is 8.91. The van der Waals surface area contributed by atoms with Gasteiger partial charge >= 0.3 is 0 Å². The molecule has 0 saturated carbocycles. The molecule has 0 radical (unpaired) electrons. The highest BCUT2D eigenvalue weighted by atomic mass is 35.5. The highest BCUT2D eigenvalue weighted by Crippen LogP contribution is 2.29. The van der Waals surface area contributed by atoms with E-state index >= 15 is 0 Å². The van der Waals surface area contributed by atoms with Gasteiger partial charge in [0.1, 0.15) is 0 Å². The van der Waals surface area contributed by atoms with Crippen LogP contribution in [0.25, 0.3) is 11.3 Å². The molecule has 1 aliphatic heterocycles. The second-order valence-corrected chi connectivity index (χ2v) is 5.58. The lowest BCUT2D eigenvalue weighted by molar-refractivity contribution is 0.297. The summed E-state index contributed by atoms with van der Waals surface area (Å²) in [6.45, 7) is 3.36. The van der Waals surface area contributed by atoms with Crippen LogP contribution in [0, 0.1) is 0 Å². The molecule has 19 heavy (non-hydrogen) atoms. The first-order valence-corrected chi connectivity index (χ1v) is 7.14. The number of hydrogen-bond acceptors (Lipinski definition) is 2. The highest BCUT2D eigenvalue weighted by molar-refractivity contribution is 6.30. The van der Waals surface area contributed by atoms with Crippen LogP contribution >= 0.6 is 11.6 Å². The first-order valence-electron chi connectivity index (χ1n) is 6.77. The van der Waals surface area contributed by atoms with Gasteiger partial charge in [-0.1, -0.05) is 23.7 Å². The molecule has 1 fully saturated rings. The van der Waals surface area contributed by atoms with Gasteiger partial charge < -0.3 is 9.88 Å². The molecule has 1 saturated heterocycles. The van der Waals surface area contributed by atoms with Crippen LogP contribution in [0.1, 0.15) is 25.8 Å². The summed E-state index contributed by atoms with van der Waals surface area (Å²) in [5, 5.41) is 4.30. The number of nitrogens with one attached hydrogen (secondary N) is 1. The molecule has 1 aliphatic rings. The monoisotopic (exact) mass is 275 g/mol. The molecule has 2 aromatic rings. The Morgan fingerprint density at radius 1 is 1.32 bits per heavy atom. The summed E-state index contributed by atoms with van der Waals surface area (Å²) in [5.74, 6) is 0. The second kappa shape index (κ2) is 5.35. The molecule has 2 atom stereocenters. The van der Waals surface area contributed by atoms with Crippen molar-refractivity contribution in [1.29, 1.82) is 0 Å². The Hall–Kier alpha value is -1.32. The van der Waals surface area contributed by atoms with Crippen LogP contribution in [0.2, 0.25) is 5.02 Å². The first-order chi connectivity index (χ1) is 9.25. The van der Waals surface area contributed by atoms with Crippen molar-refractivity contribution in [3.8, 4) is 11.3 Å². The van der Waals surface area contributed by atoms with Gasteiger partial charge in [-0.15, -0.1) is 0 Å². The summed E-state index contributed by atoms with van der Waals surface area (Å²) >= 11 is 5.95. The number of piperidine rings is 1. The zero-order valence-corrected chi connectivity index (χ0v) is 11.8. The number of nitrogens with zero attached hydrogens (tertiary/aromatic N) is 2. The molecule has 2 unspecified atom stereocenters. The SMILES string of the molecule is CC1NCCCC1n1cncc1-c1ccc(Cl)cc1. The smallest absolute Gasteiger partial charge is 0.0954 e. The molecule has 1 aromatic heterocycles. The lowest BCUT2D eigenvalue weighted by Gasteiger charge is -2.32. The predicted octanol–water partition coefficient (Wildman–Crippen LogP) is 3.52. The van der Waals surface area contributed by atoms with Crippen molar-refractivity contribution in [1.82, 2.24) is 14.9 Å². The van der Waals surface area contributed by atoms with E-state index in [2.05, 4.69) is 33.9 Å². The van der Waals surface area contributed by atoms with Crippen LogP contribution < -0.4 is 5.32 Å². The van der Waals surface area contributed by atoms with Crippen LogP contribution in [0.15, 0.2) is 36.8 Å². The molecule has 1 N–H and O–H groups in total. The number of hydrogen-bond donors (Lipinski definition) is 1. The highest BCUT2D eigenvalue weighted by Gasteiger charge is 2.24. The van der Waals surface area contributed by atoms with Gasteiger partial charge in [-0.25, -0.2) is 4.98 Å². The van der Waals surface area contributed by atoms with Crippen molar-refractivity contribution >= 4 is 11.6 Å². The lowest BCUT2D eigenvalue weighted by Crippen LogP contribution is -2.40. The van der Waals surface area contributed by atoms with E-state index in [1.54, 1.807) is 0 Å². The largest absolute Gasteiger partial charge is 0.326 e. The van der Waals surface area contributed by atoms with E-state index < -0.39 is 0 Å². The quantitative estimate of drug-likeness (QED) is 0.909. The minimum Gasteiger partial charge on any atom is -0.326 e. The maximum absolute atomic E-state index is 5.95. The summed E-state index contributed by atoms with van der Waals surface area (Å²) < 4.78 is 2.29. The Kier molecular flexibility index (Phi) is 3.58. The van der Waals surface area contributed by atoms with E-state index in [9.17, 15) is 0 Å². The van der Waals surface area contributed by atoms with Crippen LogP contribution in [-0.2, 0) is 0 Å². The average molecular weight is 276 g/mol. The zero-order valence-electron chi connectivity index (χ0n) is 11.0. The Labute approximate surface area is 118 Å². The normalized spacial score (nSPS) is 23.5. The summed E-state index contributed by atoms with van der Waals surface area (Å²) in [6.07, 6.45) is 6.29. The fourth-order valence-electron chi connectivity index (χ4n) is 2.82. The third-order valence-corrected chi connectivity index (χ3v) is 4.14. The van der Waals surface area contributed by atoms with E-state index in [0.29, 0.717) is 12.1 Å². The van der Waals surface area contributed by atoms with Crippen LogP contribution in [0.4, 0.5) is 0 Å². The Balaban J connectivity index is 1.95. The molecule has 0 bridgehead atoms.